The number of hydrogen-bond donors (Lipinski definition) is 5. The quantitative estimate of drug-likeness (QED) is 0.133. The number of aryl methyl sites for hydroxylation is 1. The Morgan fingerprint density at radius 1 is 1.00 bits per heavy atom. The van der Waals surface area contributed by atoms with Gasteiger partial charge in [-0.1, -0.05) is 38.2 Å². The van der Waals surface area contributed by atoms with Gasteiger partial charge in [-0.2, -0.15) is 5.10 Å². The fourth-order valence-electron chi connectivity index (χ4n) is 4.63. The monoisotopic (exact) mass is 608 g/mol. The minimum atomic E-state index is -0.646. The lowest BCUT2D eigenvalue weighted by molar-refractivity contribution is -0.126. The van der Waals surface area contributed by atoms with Crippen molar-refractivity contribution in [3.8, 4) is 17.1 Å². The molecule has 44 heavy (non-hydrogen) atoms. The standard InChI is InChI=1S/C29H40N10O5/c1-32-29(43)25-21(34-20-13-10-12-19(26(20)44-3)28-33-17-39(2)38-28)16-23(36-37-25)35-24(41)15-18(27(31)42)11-8-6-4-5-7-9-14-22(30)40/h10,12-13,16-18H,4-9,11,14-15H2,1-3H3,(H2,30,40)(H2,31,42)(H,32,43)(H2,34,35,36,41). The maximum Gasteiger partial charge on any atom is 0.273 e. The summed E-state index contributed by atoms with van der Waals surface area (Å²) in [6.07, 6.45) is 7.53. The van der Waals surface area contributed by atoms with Crippen LogP contribution in [0.2, 0.25) is 0 Å². The number of nitrogens with two attached hydrogens (primary N) is 2. The minimum absolute atomic E-state index is 0.0152. The molecule has 0 fully saturated rings. The first-order valence-electron chi connectivity index (χ1n) is 14.4. The third kappa shape index (κ3) is 9.74. The summed E-state index contributed by atoms with van der Waals surface area (Å²) in [5, 5.41) is 20.7. The van der Waals surface area contributed by atoms with Gasteiger partial charge in [0.15, 0.2) is 23.1 Å². The number of hydrogen-bond acceptors (Lipinski definition) is 10. The highest BCUT2D eigenvalue weighted by molar-refractivity contribution is 6.00. The Morgan fingerprint density at radius 3 is 2.36 bits per heavy atom. The van der Waals surface area contributed by atoms with E-state index in [4.69, 9.17) is 16.2 Å². The van der Waals surface area contributed by atoms with Gasteiger partial charge in [-0.3, -0.25) is 23.9 Å². The zero-order valence-electron chi connectivity index (χ0n) is 25.3. The van der Waals surface area contributed by atoms with Crippen LogP contribution in [-0.4, -0.2) is 62.7 Å². The number of nitrogens with zero attached hydrogens (tertiary/aromatic N) is 5. The lowest BCUT2D eigenvalue weighted by Crippen LogP contribution is -2.28. The summed E-state index contributed by atoms with van der Waals surface area (Å²) in [4.78, 5) is 52.6. The van der Waals surface area contributed by atoms with Crippen LogP contribution in [-0.2, 0) is 21.4 Å². The highest BCUT2D eigenvalue weighted by atomic mass is 16.5. The van der Waals surface area contributed by atoms with Gasteiger partial charge in [-0.05, 0) is 25.0 Å². The van der Waals surface area contributed by atoms with Crippen LogP contribution >= 0.6 is 0 Å². The fourth-order valence-corrected chi connectivity index (χ4v) is 4.63. The summed E-state index contributed by atoms with van der Waals surface area (Å²) < 4.78 is 7.22. The molecule has 15 heteroatoms. The van der Waals surface area contributed by atoms with Crippen molar-refractivity contribution >= 4 is 40.8 Å². The summed E-state index contributed by atoms with van der Waals surface area (Å²) >= 11 is 0. The van der Waals surface area contributed by atoms with E-state index in [9.17, 15) is 19.2 Å². The molecule has 0 saturated heterocycles. The molecule has 0 aliphatic carbocycles. The third-order valence-corrected chi connectivity index (χ3v) is 6.89. The second kappa shape index (κ2) is 16.5. The van der Waals surface area contributed by atoms with E-state index in [1.165, 1.54) is 20.2 Å². The Labute approximate surface area is 255 Å². The van der Waals surface area contributed by atoms with Crippen LogP contribution in [0.1, 0.15) is 68.3 Å². The molecular formula is C29H40N10O5. The predicted octanol–water partition coefficient (Wildman–Crippen LogP) is 2.42. The van der Waals surface area contributed by atoms with Gasteiger partial charge >= 0.3 is 0 Å². The van der Waals surface area contributed by atoms with E-state index < -0.39 is 23.6 Å². The Balaban J connectivity index is 1.69. The van der Waals surface area contributed by atoms with Crippen molar-refractivity contribution in [2.45, 2.75) is 57.8 Å². The Hall–Kier alpha value is -5.08. The number of rotatable bonds is 18. The zero-order valence-corrected chi connectivity index (χ0v) is 25.3. The molecule has 1 aromatic carbocycles. The lowest BCUT2D eigenvalue weighted by Gasteiger charge is -2.16. The number of aromatic nitrogens is 5. The average molecular weight is 609 g/mol. The number of carbonyl (C=O) groups is 4. The second-order valence-electron chi connectivity index (χ2n) is 10.3. The topological polar surface area (TPSA) is 222 Å². The summed E-state index contributed by atoms with van der Waals surface area (Å²) in [7, 11) is 4.72. The molecule has 15 nitrogen and oxygen atoms in total. The second-order valence-corrected chi connectivity index (χ2v) is 10.3. The largest absolute Gasteiger partial charge is 0.494 e. The fraction of sp³-hybridized carbons (Fsp3) is 0.448. The van der Waals surface area contributed by atoms with Crippen molar-refractivity contribution in [3.63, 3.8) is 0 Å². The summed E-state index contributed by atoms with van der Waals surface area (Å²) in [5.41, 5.74) is 12.1. The van der Waals surface area contributed by atoms with Crippen molar-refractivity contribution < 1.29 is 23.9 Å². The summed E-state index contributed by atoms with van der Waals surface area (Å²) in [5.74, 6) is -1.51. The van der Waals surface area contributed by atoms with Crippen LogP contribution in [0.15, 0.2) is 30.6 Å². The molecule has 0 saturated carbocycles. The first-order valence-corrected chi connectivity index (χ1v) is 14.4. The maximum absolute atomic E-state index is 12.9. The molecule has 3 aromatic rings. The SMILES string of the molecule is CNC(=O)c1nnc(NC(=O)CC(CCCCCCCCC(N)=O)C(N)=O)cc1Nc1cccc(-c2ncn(C)n2)c1OC. The van der Waals surface area contributed by atoms with Crippen LogP contribution < -0.4 is 32.2 Å². The molecule has 2 aromatic heterocycles. The van der Waals surface area contributed by atoms with Gasteiger partial charge < -0.3 is 32.2 Å². The van der Waals surface area contributed by atoms with Crippen molar-refractivity contribution in [2.75, 3.05) is 24.8 Å². The summed E-state index contributed by atoms with van der Waals surface area (Å²) in [6, 6.07) is 6.80. The molecule has 1 atom stereocenters. The van der Waals surface area contributed by atoms with Crippen LogP contribution in [0.4, 0.5) is 17.2 Å². The van der Waals surface area contributed by atoms with E-state index in [0.29, 0.717) is 35.7 Å². The van der Waals surface area contributed by atoms with Gasteiger partial charge in [0.05, 0.1) is 24.0 Å². The van der Waals surface area contributed by atoms with Gasteiger partial charge in [0.2, 0.25) is 17.7 Å². The Morgan fingerprint density at radius 2 is 1.73 bits per heavy atom. The molecule has 7 N–H and O–H groups in total. The molecule has 2 heterocycles. The van der Waals surface area contributed by atoms with Crippen LogP contribution in [0.3, 0.4) is 0 Å². The lowest BCUT2D eigenvalue weighted by atomic mass is 9.96. The van der Waals surface area contributed by atoms with Crippen LogP contribution in [0.25, 0.3) is 11.4 Å². The number of para-hydroxylation sites is 1. The maximum atomic E-state index is 12.9. The number of benzene rings is 1. The van der Waals surface area contributed by atoms with Gasteiger partial charge in [0, 0.05) is 38.9 Å². The van der Waals surface area contributed by atoms with Gasteiger partial charge in [0.1, 0.15) is 6.33 Å². The highest BCUT2D eigenvalue weighted by Gasteiger charge is 2.22. The van der Waals surface area contributed by atoms with E-state index in [0.717, 1.165) is 38.5 Å². The van der Waals surface area contributed by atoms with E-state index in [-0.39, 0.29) is 29.5 Å². The molecule has 0 spiro atoms. The molecule has 0 aliphatic rings. The average Bonchev–Trinajstić information content (AvgIpc) is 3.43. The number of methoxy groups -OCH3 is 1. The van der Waals surface area contributed by atoms with Gasteiger partial charge in [-0.15, -0.1) is 10.2 Å². The predicted molar refractivity (Wildman–Crippen MR) is 164 cm³/mol. The molecule has 4 amide bonds. The molecule has 0 bridgehead atoms. The zero-order chi connectivity index (χ0) is 32.1. The number of carbonyl (C=O) groups excluding carboxylic acids is 4. The molecule has 1 unspecified atom stereocenters. The number of primary amides is 2. The molecule has 0 aliphatic heterocycles. The minimum Gasteiger partial charge on any atom is -0.494 e. The first kappa shape index (κ1) is 33.4. The van der Waals surface area contributed by atoms with Gasteiger partial charge in [-0.25, -0.2) is 4.98 Å². The smallest absolute Gasteiger partial charge is 0.273 e. The number of nitrogens with one attached hydrogen (secondary N) is 3. The van der Waals surface area contributed by atoms with E-state index in [1.54, 1.807) is 36.3 Å². The number of ether oxygens (including phenoxy) is 1. The molecular weight excluding hydrogens is 568 g/mol. The van der Waals surface area contributed by atoms with Crippen molar-refractivity contribution in [1.29, 1.82) is 0 Å². The van der Waals surface area contributed by atoms with E-state index in [1.807, 2.05) is 0 Å². The highest BCUT2D eigenvalue weighted by Crippen LogP contribution is 2.37. The Bertz CT molecular complexity index is 1460. The van der Waals surface area contributed by atoms with Crippen molar-refractivity contribution in [1.82, 2.24) is 30.3 Å². The van der Waals surface area contributed by atoms with Crippen molar-refractivity contribution in [2.24, 2.45) is 24.4 Å². The number of anilines is 3. The third-order valence-electron chi connectivity index (χ3n) is 6.89. The van der Waals surface area contributed by atoms with Crippen LogP contribution in [0.5, 0.6) is 5.75 Å². The van der Waals surface area contributed by atoms with E-state index >= 15 is 0 Å². The molecule has 3 rings (SSSR count). The Kier molecular flexibility index (Phi) is 12.6. The van der Waals surface area contributed by atoms with Crippen molar-refractivity contribution in [3.05, 3.63) is 36.3 Å². The van der Waals surface area contributed by atoms with Gasteiger partial charge in [0.25, 0.3) is 5.91 Å². The van der Waals surface area contributed by atoms with Crippen LogP contribution in [0, 0.1) is 5.92 Å². The first-order chi connectivity index (χ1) is 21.1. The van der Waals surface area contributed by atoms with E-state index in [2.05, 4.69) is 36.2 Å². The normalized spacial score (nSPS) is 11.4. The molecule has 0 radical (unpaired) electrons. The number of amides is 4. The summed E-state index contributed by atoms with van der Waals surface area (Å²) in [6.45, 7) is 0. The number of unbranched alkanes of at least 4 members (excludes halogenated alkanes) is 5. The molecule has 236 valence electrons.